The molecule has 1 saturated heterocycles. The number of carbonyl (C=O) groups excluding carboxylic acids is 2. The molecule has 1 atom stereocenters. The summed E-state index contributed by atoms with van der Waals surface area (Å²) < 4.78 is 6.01. The van der Waals surface area contributed by atoms with Crippen molar-refractivity contribution in [3.8, 4) is 5.75 Å². The number of Topliss-reactive ketones (excluding diaryl/α,β-unsaturated/α-hetero) is 1. The highest BCUT2D eigenvalue weighted by molar-refractivity contribution is 9.10. The Morgan fingerprint density at radius 2 is 1.81 bits per heavy atom. The Morgan fingerprint density at radius 1 is 1.13 bits per heavy atom. The van der Waals surface area contributed by atoms with Crippen LogP contribution in [0.4, 0.5) is 0 Å². The lowest BCUT2D eigenvalue weighted by Crippen LogP contribution is -2.38. The average Bonchev–Trinajstić information content (AvgIpc) is 3.04. The highest BCUT2D eigenvalue weighted by Gasteiger charge is 2.46. The molecule has 0 spiro atoms. The predicted octanol–water partition coefficient (Wildman–Crippen LogP) is 4.22. The van der Waals surface area contributed by atoms with Crippen LogP contribution in [0.25, 0.3) is 5.76 Å². The maximum atomic E-state index is 13.0. The summed E-state index contributed by atoms with van der Waals surface area (Å²) in [5.74, 6) is -0.805. The molecule has 0 radical (unpaired) electrons. The minimum atomic E-state index is -0.669. The molecule has 1 amide bonds. The molecule has 3 rings (SSSR count). The van der Waals surface area contributed by atoms with Crippen molar-refractivity contribution in [2.75, 3.05) is 33.3 Å². The van der Waals surface area contributed by atoms with Gasteiger partial charge in [-0.25, -0.2) is 0 Å². The van der Waals surface area contributed by atoms with Crippen molar-refractivity contribution in [3.05, 3.63) is 69.7 Å². The molecule has 1 fully saturated rings. The quantitative estimate of drug-likeness (QED) is 0.343. The molecule has 1 aliphatic heterocycles. The van der Waals surface area contributed by atoms with Gasteiger partial charge in [0, 0.05) is 23.1 Å². The van der Waals surface area contributed by atoms with Crippen LogP contribution in [0, 0.1) is 0 Å². The SMILES string of the molecule is CCN(CC)CCN1C(=O)C(=O)C(=C(O)c2ccc(OC)cc2)[C@H]1c1cccc(Br)c1. The van der Waals surface area contributed by atoms with Gasteiger partial charge in [-0.3, -0.25) is 9.59 Å². The van der Waals surface area contributed by atoms with Crippen molar-refractivity contribution in [2.45, 2.75) is 19.9 Å². The van der Waals surface area contributed by atoms with Gasteiger partial charge in [-0.1, -0.05) is 41.9 Å². The molecule has 31 heavy (non-hydrogen) atoms. The fraction of sp³-hybridized carbons (Fsp3) is 0.333. The smallest absolute Gasteiger partial charge is 0.295 e. The zero-order valence-electron chi connectivity index (χ0n) is 18.0. The number of benzene rings is 2. The lowest BCUT2D eigenvalue weighted by atomic mass is 9.95. The molecule has 0 aliphatic carbocycles. The number of hydrogen-bond acceptors (Lipinski definition) is 5. The summed E-state index contributed by atoms with van der Waals surface area (Å²) >= 11 is 3.47. The van der Waals surface area contributed by atoms with Crippen LogP contribution in [0.1, 0.15) is 31.0 Å². The van der Waals surface area contributed by atoms with Gasteiger partial charge in [-0.2, -0.15) is 0 Å². The van der Waals surface area contributed by atoms with Crippen molar-refractivity contribution >= 4 is 33.4 Å². The number of halogens is 1. The second-order valence-electron chi connectivity index (χ2n) is 7.30. The largest absolute Gasteiger partial charge is 0.507 e. The monoisotopic (exact) mass is 486 g/mol. The number of ketones is 1. The lowest BCUT2D eigenvalue weighted by Gasteiger charge is -2.28. The van der Waals surface area contributed by atoms with Gasteiger partial charge in [0.2, 0.25) is 0 Å². The Hall–Kier alpha value is -2.64. The van der Waals surface area contributed by atoms with Crippen molar-refractivity contribution in [3.63, 3.8) is 0 Å². The first-order valence-electron chi connectivity index (χ1n) is 10.3. The topological polar surface area (TPSA) is 70.1 Å². The van der Waals surface area contributed by atoms with Gasteiger partial charge in [0.05, 0.1) is 18.7 Å². The highest BCUT2D eigenvalue weighted by Crippen LogP contribution is 2.40. The third-order valence-corrected chi connectivity index (χ3v) is 6.11. The summed E-state index contributed by atoms with van der Waals surface area (Å²) in [7, 11) is 1.56. The fourth-order valence-electron chi connectivity index (χ4n) is 3.83. The summed E-state index contributed by atoms with van der Waals surface area (Å²) in [6.45, 7) is 6.87. The van der Waals surface area contributed by atoms with Crippen molar-refractivity contribution in [1.82, 2.24) is 9.80 Å². The number of likely N-dealkylation sites (N-methyl/N-ethyl adjacent to an activating group) is 1. The van der Waals surface area contributed by atoms with Crippen LogP contribution in [0.15, 0.2) is 58.6 Å². The number of ether oxygens (including phenoxy) is 1. The van der Waals surface area contributed by atoms with E-state index in [-0.39, 0.29) is 11.3 Å². The Labute approximate surface area is 191 Å². The van der Waals surface area contributed by atoms with Crippen LogP contribution in [0.3, 0.4) is 0 Å². The van der Waals surface area contributed by atoms with Gasteiger partial charge in [0.15, 0.2) is 0 Å². The van der Waals surface area contributed by atoms with E-state index in [2.05, 4.69) is 34.7 Å². The molecular formula is C24H27BrN2O4. The molecule has 0 aromatic heterocycles. The van der Waals surface area contributed by atoms with E-state index in [1.165, 1.54) is 0 Å². The Balaban J connectivity index is 2.08. The Kier molecular flexibility index (Phi) is 7.51. The van der Waals surface area contributed by atoms with Crippen molar-refractivity contribution in [1.29, 1.82) is 0 Å². The molecule has 6 nitrogen and oxygen atoms in total. The summed E-state index contributed by atoms with van der Waals surface area (Å²) in [6.07, 6.45) is 0. The number of aliphatic hydroxyl groups is 1. The predicted molar refractivity (Wildman–Crippen MR) is 124 cm³/mol. The normalized spacial score (nSPS) is 18.1. The highest BCUT2D eigenvalue weighted by atomic mass is 79.9. The maximum Gasteiger partial charge on any atom is 0.295 e. The van der Waals surface area contributed by atoms with Crippen LogP contribution in [0.5, 0.6) is 5.75 Å². The van der Waals surface area contributed by atoms with Crippen LogP contribution < -0.4 is 4.74 Å². The molecule has 1 aliphatic rings. The van der Waals surface area contributed by atoms with E-state index in [0.29, 0.717) is 24.4 Å². The van der Waals surface area contributed by atoms with Gasteiger partial charge in [0.1, 0.15) is 11.5 Å². The number of hydrogen-bond donors (Lipinski definition) is 1. The number of likely N-dealkylation sites (tertiary alicyclic amines) is 1. The van der Waals surface area contributed by atoms with Crippen molar-refractivity contribution in [2.24, 2.45) is 0 Å². The molecule has 0 saturated carbocycles. The standard InChI is InChI=1S/C24H27BrN2O4/c1-4-26(5-2)13-14-27-21(17-7-6-8-18(25)15-17)20(23(29)24(27)30)22(28)16-9-11-19(31-3)12-10-16/h6-12,15,21,28H,4-5,13-14H2,1-3H3/t21-/m1/s1. The summed E-state index contributed by atoms with van der Waals surface area (Å²) in [6, 6.07) is 13.6. The zero-order chi connectivity index (χ0) is 22.5. The second-order valence-corrected chi connectivity index (χ2v) is 8.22. The number of nitrogens with zero attached hydrogens (tertiary/aromatic N) is 2. The van der Waals surface area contributed by atoms with E-state index >= 15 is 0 Å². The van der Waals surface area contributed by atoms with E-state index in [0.717, 1.165) is 23.1 Å². The van der Waals surface area contributed by atoms with E-state index in [4.69, 9.17) is 4.74 Å². The van der Waals surface area contributed by atoms with E-state index in [9.17, 15) is 14.7 Å². The lowest BCUT2D eigenvalue weighted by molar-refractivity contribution is -0.140. The fourth-order valence-corrected chi connectivity index (χ4v) is 4.24. The molecule has 1 heterocycles. The number of aliphatic hydroxyl groups excluding tert-OH is 1. The van der Waals surface area contributed by atoms with Crippen LogP contribution in [0.2, 0.25) is 0 Å². The first kappa shape index (κ1) is 23.0. The van der Waals surface area contributed by atoms with Gasteiger partial charge in [-0.15, -0.1) is 0 Å². The van der Waals surface area contributed by atoms with E-state index in [1.807, 2.05) is 24.3 Å². The summed E-state index contributed by atoms with van der Waals surface area (Å²) in [5.41, 5.74) is 1.33. The first-order chi connectivity index (χ1) is 14.9. The molecule has 0 unspecified atom stereocenters. The number of amides is 1. The second kappa shape index (κ2) is 10.1. The molecule has 2 aromatic rings. The van der Waals surface area contributed by atoms with Crippen LogP contribution in [-0.4, -0.2) is 59.9 Å². The Morgan fingerprint density at radius 3 is 2.39 bits per heavy atom. The summed E-state index contributed by atoms with van der Waals surface area (Å²) in [4.78, 5) is 29.8. The molecule has 164 valence electrons. The third-order valence-electron chi connectivity index (χ3n) is 5.62. The van der Waals surface area contributed by atoms with Gasteiger partial charge < -0.3 is 19.6 Å². The number of carbonyl (C=O) groups is 2. The Bertz CT molecular complexity index is 983. The minimum absolute atomic E-state index is 0.104. The maximum absolute atomic E-state index is 13.0. The van der Waals surface area contributed by atoms with Crippen LogP contribution >= 0.6 is 15.9 Å². The summed E-state index contributed by atoms with van der Waals surface area (Å²) in [5, 5.41) is 11.1. The number of methoxy groups -OCH3 is 1. The average molecular weight is 487 g/mol. The van der Waals surface area contributed by atoms with Crippen molar-refractivity contribution < 1.29 is 19.4 Å². The third kappa shape index (κ3) is 4.83. The molecule has 2 aromatic carbocycles. The minimum Gasteiger partial charge on any atom is -0.507 e. The molecule has 7 heteroatoms. The van der Waals surface area contributed by atoms with E-state index < -0.39 is 17.7 Å². The van der Waals surface area contributed by atoms with E-state index in [1.54, 1.807) is 36.3 Å². The molecule has 1 N–H and O–H groups in total. The van der Waals surface area contributed by atoms with Gasteiger partial charge in [0.25, 0.3) is 11.7 Å². The number of rotatable bonds is 8. The zero-order valence-corrected chi connectivity index (χ0v) is 19.6. The molecular weight excluding hydrogens is 460 g/mol. The molecule has 0 bridgehead atoms. The van der Waals surface area contributed by atoms with Gasteiger partial charge in [-0.05, 0) is 55.1 Å². The first-order valence-corrected chi connectivity index (χ1v) is 11.1. The van der Waals surface area contributed by atoms with Gasteiger partial charge >= 0.3 is 0 Å². The van der Waals surface area contributed by atoms with Crippen LogP contribution in [-0.2, 0) is 9.59 Å².